The highest BCUT2D eigenvalue weighted by molar-refractivity contribution is 5.98. The van der Waals surface area contributed by atoms with E-state index in [-0.39, 0.29) is 42.4 Å². The van der Waals surface area contributed by atoms with Gasteiger partial charge in [-0.15, -0.1) is 0 Å². The third-order valence-electron chi connectivity index (χ3n) is 6.13. The number of esters is 1. The van der Waals surface area contributed by atoms with Gasteiger partial charge in [0.25, 0.3) is 0 Å². The average molecular weight is 599 g/mol. The van der Waals surface area contributed by atoms with E-state index in [0.717, 1.165) is 18.4 Å². The number of ether oxygens (including phenoxy) is 1. The van der Waals surface area contributed by atoms with E-state index < -0.39 is 29.3 Å². The predicted octanol–water partition coefficient (Wildman–Crippen LogP) is 5.85. The molecule has 42 heavy (non-hydrogen) atoms. The molecule has 4 amide bonds. The van der Waals surface area contributed by atoms with Gasteiger partial charge in [-0.1, -0.05) is 53.2 Å². The number of carbonyl (C=O) groups excluding carboxylic acids is 5. The molecule has 10 heteroatoms. The molecule has 0 aliphatic carbocycles. The maximum atomic E-state index is 12.9. The smallest absolute Gasteiger partial charge is 0.311 e. The van der Waals surface area contributed by atoms with Crippen molar-refractivity contribution < 1.29 is 34.4 Å². The lowest BCUT2D eigenvalue weighted by molar-refractivity contribution is -0.154. The van der Waals surface area contributed by atoms with Crippen LogP contribution in [0.25, 0.3) is 0 Å². The summed E-state index contributed by atoms with van der Waals surface area (Å²) in [6, 6.07) is 5.26. The standard InChI is InChI=1S/C30H48N4O6.C2H6.4H2/c1-8-9-12-24(35)31-18-11-10-13-25(36)34-26(20(2)3)28(38)32-21(4)27(37)33-23-16-14-22(15-17-23)19-40-29(39)30(5,6)7;1-2;;;;/h14-17,20-21,26H,8-13,18-19H2,1-7H3,(H,31,35)(H,32,38)(H,33,37)(H,34,36);1-2H3;4*1H. The third kappa shape index (κ3) is 16.1. The Balaban J connectivity index is -0.000000914. The Hall–Kier alpha value is -3.43. The van der Waals surface area contributed by atoms with Gasteiger partial charge < -0.3 is 26.0 Å². The summed E-state index contributed by atoms with van der Waals surface area (Å²) in [5, 5.41) is 11.0. The van der Waals surface area contributed by atoms with Crippen molar-refractivity contribution in [3.8, 4) is 0 Å². The number of unbranched alkanes of at least 4 members (excludes halogenated alkanes) is 2. The van der Waals surface area contributed by atoms with Crippen LogP contribution in [0.5, 0.6) is 0 Å². The lowest BCUT2D eigenvalue weighted by Crippen LogP contribution is -2.53. The zero-order valence-electron chi connectivity index (χ0n) is 27.1. The summed E-state index contributed by atoms with van der Waals surface area (Å²) in [4.78, 5) is 61.5. The van der Waals surface area contributed by atoms with Crippen LogP contribution in [0.3, 0.4) is 0 Å². The molecule has 1 rings (SSSR count). The highest BCUT2D eigenvalue weighted by Gasteiger charge is 2.27. The normalized spacial score (nSPS) is 12.2. The summed E-state index contributed by atoms with van der Waals surface area (Å²) < 4.78 is 5.30. The molecule has 0 saturated heterocycles. The molecule has 4 N–H and O–H groups in total. The first-order valence-electron chi connectivity index (χ1n) is 15.2. The fourth-order valence-electron chi connectivity index (χ4n) is 3.51. The molecule has 0 spiro atoms. The van der Waals surface area contributed by atoms with E-state index in [1.807, 2.05) is 34.6 Å². The van der Waals surface area contributed by atoms with Crippen LogP contribution in [0.1, 0.15) is 112 Å². The number of anilines is 1. The quantitative estimate of drug-likeness (QED) is 0.139. The van der Waals surface area contributed by atoms with Gasteiger partial charge in [-0.2, -0.15) is 0 Å². The summed E-state index contributed by atoms with van der Waals surface area (Å²) in [6.07, 6.45) is 3.84. The van der Waals surface area contributed by atoms with Crippen LogP contribution in [0.15, 0.2) is 24.3 Å². The Kier molecular flexibility index (Phi) is 18.8. The second-order valence-electron chi connectivity index (χ2n) is 11.4. The lowest BCUT2D eigenvalue weighted by atomic mass is 9.97. The van der Waals surface area contributed by atoms with Gasteiger partial charge in [0.1, 0.15) is 18.7 Å². The van der Waals surface area contributed by atoms with Crippen molar-refractivity contribution in [2.75, 3.05) is 11.9 Å². The summed E-state index contributed by atoms with van der Waals surface area (Å²) in [5.74, 6) is -1.56. The van der Waals surface area contributed by atoms with Gasteiger partial charge in [-0.05, 0) is 70.6 Å². The first-order valence-corrected chi connectivity index (χ1v) is 15.2. The van der Waals surface area contributed by atoms with Crippen LogP contribution in [-0.2, 0) is 35.3 Å². The Labute approximate surface area is 258 Å². The largest absolute Gasteiger partial charge is 0.460 e. The van der Waals surface area contributed by atoms with Gasteiger partial charge in [0, 0.05) is 30.8 Å². The van der Waals surface area contributed by atoms with Gasteiger partial charge in [0.2, 0.25) is 23.6 Å². The van der Waals surface area contributed by atoms with Gasteiger partial charge in [0.15, 0.2) is 0 Å². The van der Waals surface area contributed by atoms with E-state index >= 15 is 0 Å². The van der Waals surface area contributed by atoms with Crippen LogP contribution in [0.4, 0.5) is 5.69 Å². The van der Waals surface area contributed by atoms with Gasteiger partial charge in [-0.25, -0.2) is 0 Å². The molecule has 2 unspecified atom stereocenters. The number of amides is 4. The van der Waals surface area contributed by atoms with Crippen molar-refractivity contribution in [2.45, 2.75) is 120 Å². The van der Waals surface area contributed by atoms with Crippen molar-refractivity contribution in [2.24, 2.45) is 11.3 Å². The first-order chi connectivity index (χ1) is 19.7. The van der Waals surface area contributed by atoms with Crippen LogP contribution >= 0.6 is 0 Å². The number of hydrogen-bond donors (Lipinski definition) is 4. The van der Waals surface area contributed by atoms with Crippen molar-refractivity contribution in [1.29, 1.82) is 0 Å². The molecule has 0 aliphatic heterocycles. The minimum Gasteiger partial charge on any atom is -0.460 e. The number of nitrogens with one attached hydrogen (secondary N) is 4. The van der Waals surface area contributed by atoms with E-state index in [1.165, 1.54) is 0 Å². The Morgan fingerprint density at radius 2 is 1.43 bits per heavy atom. The van der Waals surface area contributed by atoms with E-state index in [0.29, 0.717) is 31.5 Å². The molecule has 0 aliphatic rings. The van der Waals surface area contributed by atoms with Crippen molar-refractivity contribution in [1.82, 2.24) is 16.0 Å². The van der Waals surface area contributed by atoms with Crippen molar-refractivity contribution in [3.63, 3.8) is 0 Å². The number of rotatable bonds is 16. The zero-order chi connectivity index (χ0) is 32.3. The molecule has 0 radical (unpaired) electrons. The van der Waals surface area contributed by atoms with Crippen LogP contribution in [0.2, 0.25) is 0 Å². The van der Waals surface area contributed by atoms with E-state index in [1.54, 1.807) is 52.0 Å². The highest BCUT2D eigenvalue weighted by Crippen LogP contribution is 2.17. The van der Waals surface area contributed by atoms with Crippen LogP contribution in [0, 0.1) is 11.3 Å². The fourth-order valence-corrected chi connectivity index (χ4v) is 3.51. The van der Waals surface area contributed by atoms with Gasteiger partial charge >= 0.3 is 5.97 Å². The Morgan fingerprint density at radius 1 is 0.833 bits per heavy atom. The lowest BCUT2D eigenvalue weighted by Gasteiger charge is -2.24. The monoisotopic (exact) mass is 598 g/mol. The molecule has 10 nitrogen and oxygen atoms in total. The predicted molar refractivity (Wildman–Crippen MR) is 175 cm³/mol. The maximum Gasteiger partial charge on any atom is 0.311 e. The molecular weight excluding hydrogens is 536 g/mol. The molecular formula is C32H62N4O6. The topological polar surface area (TPSA) is 143 Å². The van der Waals surface area contributed by atoms with Crippen LogP contribution in [-0.4, -0.2) is 48.2 Å². The summed E-state index contributed by atoms with van der Waals surface area (Å²) in [5.41, 5.74) is 0.732. The second kappa shape index (κ2) is 20.4. The molecule has 1 aromatic carbocycles. The summed E-state index contributed by atoms with van der Waals surface area (Å²) in [6.45, 7) is 17.2. The maximum absolute atomic E-state index is 12.9. The average Bonchev–Trinajstić information content (AvgIpc) is 2.94. The Morgan fingerprint density at radius 3 is 1.98 bits per heavy atom. The van der Waals surface area contributed by atoms with Crippen molar-refractivity contribution >= 4 is 35.3 Å². The third-order valence-corrected chi connectivity index (χ3v) is 6.13. The highest BCUT2D eigenvalue weighted by atomic mass is 16.5. The second-order valence-corrected chi connectivity index (χ2v) is 11.4. The molecule has 2 atom stereocenters. The van der Waals surface area contributed by atoms with E-state index in [2.05, 4.69) is 21.3 Å². The van der Waals surface area contributed by atoms with E-state index in [4.69, 9.17) is 4.74 Å². The van der Waals surface area contributed by atoms with Gasteiger partial charge in [0.05, 0.1) is 5.41 Å². The first kappa shape index (κ1) is 38.6. The molecule has 0 fully saturated rings. The molecule has 246 valence electrons. The summed E-state index contributed by atoms with van der Waals surface area (Å²) >= 11 is 0. The number of carbonyl (C=O) groups is 5. The SMILES string of the molecule is CC.CCCCC(=O)NCCCCC(=O)NC(C(=O)NC(C)C(=O)Nc1ccc(COC(=O)C(C)(C)C)cc1)C(C)C.[HH].[HH].[HH].[HH]. The minimum atomic E-state index is -0.839. The molecule has 0 aromatic heterocycles. The number of benzene rings is 1. The summed E-state index contributed by atoms with van der Waals surface area (Å²) in [7, 11) is 0. The molecule has 0 saturated carbocycles. The molecule has 0 heterocycles. The number of hydrogen-bond acceptors (Lipinski definition) is 6. The molecule has 0 bridgehead atoms. The van der Waals surface area contributed by atoms with Crippen LogP contribution < -0.4 is 21.3 Å². The fraction of sp³-hybridized carbons (Fsp3) is 0.656. The Bertz CT molecular complexity index is 1010. The molecule has 1 aromatic rings. The minimum absolute atomic E-state index is 0. The van der Waals surface area contributed by atoms with Crippen molar-refractivity contribution in [3.05, 3.63) is 29.8 Å². The van der Waals surface area contributed by atoms with E-state index in [9.17, 15) is 24.0 Å². The zero-order valence-corrected chi connectivity index (χ0v) is 27.1. The van der Waals surface area contributed by atoms with Gasteiger partial charge in [-0.3, -0.25) is 24.0 Å².